The van der Waals surface area contributed by atoms with Gasteiger partial charge in [-0.3, -0.25) is 4.74 Å². The lowest BCUT2D eigenvalue weighted by Gasteiger charge is -2.31. The zero-order chi connectivity index (χ0) is 13.2. The SMILES string of the molecule is Fc1ccccc1C1(OC(F)(F)F)C=CCC=C1. The minimum Gasteiger partial charge on any atom is -0.272 e. The van der Waals surface area contributed by atoms with Gasteiger partial charge in [-0.25, -0.2) is 4.39 Å². The molecule has 1 nitrogen and oxygen atoms in total. The number of benzene rings is 1. The van der Waals surface area contributed by atoms with Gasteiger partial charge in [-0.2, -0.15) is 0 Å². The Morgan fingerprint density at radius 1 is 1.06 bits per heavy atom. The van der Waals surface area contributed by atoms with E-state index in [0.717, 1.165) is 6.07 Å². The number of rotatable bonds is 2. The summed E-state index contributed by atoms with van der Waals surface area (Å²) in [7, 11) is 0. The summed E-state index contributed by atoms with van der Waals surface area (Å²) in [5, 5.41) is 0. The first-order valence-electron chi connectivity index (χ1n) is 5.30. The molecule has 1 aromatic rings. The quantitative estimate of drug-likeness (QED) is 0.574. The average Bonchev–Trinajstić information content (AvgIpc) is 2.28. The monoisotopic (exact) mass is 258 g/mol. The summed E-state index contributed by atoms with van der Waals surface area (Å²) in [6.07, 6.45) is 1.11. The minimum atomic E-state index is -4.85. The van der Waals surface area contributed by atoms with Gasteiger partial charge in [-0.05, 0) is 24.6 Å². The number of ether oxygens (including phenoxy) is 1. The van der Waals surface area contributed by atoms with Gasteiger partial charge in [0.1, 0.15) is 11.4 Å². The standard InChI is InChI=1S/C13H10F4O/c14-11-7-3-2-6-10(11)12(18-13(15,16)17)8-4-1-5-9-12/h2-9H,1H2. The summed E-state index contributed by atoms with van der Waals surface area (Å²) in [4.78, 5) is 0. The molecular weight excluding hydrogens is 248 g/mol. The van der Waals surface area contributed by atoms with Crippen LogP contribution in [-0.2, 0) is 10.3 Å². The highest BCUT2D eigenvalue weighted by molar-refractivity contribution is 5.36. The lowest BCUT2D eigenvalue weighted by Crippen LogP contribution is -2.34. The van der Waals surface area contributed by atoms with Crippen molar-refractivity contribution in [2.45, 2.75) is 18.4 Å². The molecule has 5 heteroatoms. The molecule has 1 aliphatic carbocycles. The second-order valence-electron chi connectivity index (χ2n) is 3.86. The van der Waals surface area contributed by atoms with Crippen LogP contribution in [0.3, 0.4) is 0 Å². The first kappa shape index (κ1) is 12.8. The average molecular weight is 258 g/mol. The summed E-state index contributed by atoms with van der Waals surface area (Å²) in [5.41, 5.74) is -2.07. The third-order valence-corrected chi connectivity index (χ3v) is 2.58. The molecule has 0 saturated carbocycles. The van der Waals surface area contributed by atoms with Crippen LogP contribution in [0.4, 0.5) is 17.6 Å². The van der Waals surface area contributed by atoms with Crippen LogP contribution < -0.4 is 0 Å². The fourth-order valence-corrected chi connectivity index (χ4v) is 1.89. The minimum absolute atomic E-state index is 0.158. The van der Waals surface area contributed by atoms with Gasteiger partial charge in [-0.1, -0.05) is 30.4 Å². The van der Waals surface area contributed by atoms with Gasteiger partial charge >= 0.3 is 6.36 Å². The first-order chi connectivity index (χ1) is 8.43. The second-order valence-corrected chi connectivity index (χ2v) is 3.86. The maximum absolute atomic E-state index is 13.7. The summed E-state index contributed by atoms with van der Waals surface area (Å²) in [6, 6.07) is 5.26. The van der Waals surface area contributed by atoms with Gasteiger partial charge in [0, 0.05) is 5.56 Å². The van der Waals surface area contributed by atoms with E-state index < -0.39 is 17.8 Å². The molecule has 0 bridgehead atoms. The van der Waals surface area contributed by atoms with Crippen molar-refractivity contribution in [1.82, 2.24) is 0 Å². The topological polar surface area (TPSA) is 9.23 Å². The molecule has 0 aliphatic heterocycles. The normalized spacial score (nSPS) is 18.0. The Kier molecular flexibility index (Phi) is 3.26. The molecule has 0 saturated heterocycles. The zero-order valence-electron chi connectivity index (χ0n) is 9.25. The second kappa shape index (κ2) is 4.57. The van der Waals surface area contributed by atoms with Crippen molar-refractivity contribution in [2.24, 2.45) is 0 Å². The molecule has 0 aromatic heterocycles. The predicted molar refractivity (Wildman–Crippen MR) is 58.1 cm³/mol. The van der Waals surface area contributed by atoms with Crippen LogP contribution in [0.5, 0.6) is 0 Å². The molecule has 1 aromatic carbocycles. The fraction of sp³-hybridized carbons (Fsp3) is 0.231. The highest BCUT2D eigenvalue weighted by atomic mass is 19.4. The maximum atomic E-state index is 13.7. The van der Waals surface area contributed by atoms with E-state index in [9.17, 15) is 17.6 Å². The van der Waals surface area contributed by atoms with E-state index in [4.69, 9.17) is 0 Å². The molecule has 1 aliphatic rings. The third kappa shape index (κ3) is 2.61. The smallest absolute Gasteiger partial charge is 0.272 e. The van der Waals surface area contributed by atoms with Gasteiger partial charge in [0.15, 0.2) is 0 Å². The number of hydrogen-bond acceptors (Lipinski definition) is 1. The molecule has 2 rings (SSSR count). The molecule has 0 atom stereocenters. The zero-order valence-corrected chi connectivity index (χ0v) is 9.25. The maximum Gasteiger partial charge on any atom is 0.523 e. The first-order valence-corrected chi connectivity index (χ1v) is 5.30. The van der Waals surface area contributed by atoms with Crippen LogP contribution in [0, 0.1) is 5.82 Å². The van der Waals surface area contributed by atoms with Gasteiger partial charge in [0.25, 0.3) is 0 Å². The van der Waals surface area contributed by atoms with E-state index in [0.29, 0.717) is 6.42 Å². The van der Waals surface area contributed by atoms with Crippen molar-refractivity contribution in [2.75, 3.05) is 0 Å². The summed E-state index contributed by atoms with van der Waals surface area (Å²) >= 11 is 0. The Labute approximate surface area is 101 Å². The predicted octanol–water partition coefficient (Wildman–Crippen LogP) is 4.07. The molecule has 0 amide bonds. The Balaban J connectivity index is 2.50. The van der Waals surface area contributed by atoms with Gasteiger partial charge < -0.3 is 0 Å². The van der Waals surface area contributed by atoms with Gasteiger partial charge in [-0.15, -0.1) is 13.2 Å². The highest BCUT2D eigenvalue weighted by Crippen LogP contribution is 2.38. The number of hydrogen-bond donors (Lipinski definition) is 0. The third-order valence-electron chi connectivity index (χ3n) is 2.58. The number of alkyl halides is 3. The lowest BCUT2D eigenvalue weighted by molar-refractivity contribution is -0.354. The highest BCUT2D eigenvalue weighted by Gasteiger charge is 2.43. The Morgan fingerprint density at radius 3 is 2.22 bits per heavy atom. The van der Waals surface area contributed by atoms with Crippen molar-refractivity contribution in [1.29, 1.82) is 0 Å². The molecule has 0 heterocycles. The van der Waals surface area contributed by atoms with Crippen LogP contribution in [0.1, 0.15) is 12.0 Å². The molecule has 0 spiro atoms. The van der Waals surface area contributed by atoms with Crippen molar-refractivity contribution >= 4 is 0 Å². The molecule has 96 valence electrons. The number of halogens is 4. The molecule has 0 radical (unpaired) electrons. The van der Waals surface area contributed by atoms with E-state index in [1.165, 1.54) is 42.5 Å². The van der Waals surface area contributed by atoms with Crippen molar-refractivity contribution in [3.8, 4) is 0 Å². The summed E-state index contributed by atoms with van der Waals surface area (Å²) in [6.45, 7) is 0. The van der Waals surface area contributed by atoms with E-state index in [1.807, 2.05) is 0 Å². The largest absolute Gasteiger partial charge is 0.523 e. The van der Waals surface area contributed by atoms with Crippen LogP contribution in [0.2, 0.25) is 0 Å². The van der Waals surface area contributed by atoms with Crippen molar-refractivity contribution in [3.63, 3.8) is 0 Å². The van der Waals surface area contributed by atoms with E-state index in [1.54, 1.807) is 0 Å². The molecule has 18 heavy (non-hydrogen) atoms. The van der Waals surface area contributed by atoms with Gasteiger partial charge in [0.2, 0.25) is 0 Å². The van der Waals surface area contributed by atoms with E-state index in [-0.39, 0.29) is 5.56 Å². The Bertz CT molecular complexity index is 476. The number of allylic oxidation sites excluding steroid dienone is 2. The molecule has 0 unspecified atom stereocenters. The van der Waals surface area contributed by atoms with Crippen LogP contribution in [0.25, 0.3) is 0 Å². The lowest BCUT2D eigenvalue weighted by atomic mass is 9.89. The van der Waals surface area contributed by atoms with Crippen molar-refractivity contribution in [3.05, 3.63) is 60.0 Å². The Morgan fingerprint density at radius 2 is 1.67 bits per heavy atom. The molecular formula is C13H10F4O. The summed E-state index contributed by atoms with van der Waals surface area (Å²) in [5.74, 6) is -0.738. The Hall–Kier alpha value is -1.62. The van der Waals surface area contributed by atoms with E-state index >= 15 is 0 Å². The van der Waals surface area contributed by atoms with Crippen LogP contribution in [0.15, 0.2) is 48.6 Å². The van der Waals surface area contributed by atoms with Crippen LogP contribution in [-0.4, -0.2) is 6.36 Å². The van der Waals surface area contributed by atoms with Crippen molar-refractivity contribution < 1.29 is 22.3 Å². The molecule has 0 N–H and O–H groups in total. The van der Waals surface area contributed by atoms with E-state index in [2.05, 4.69) is 4.74 Å². The molecule has 0 fully saturated rings. The summed E-state index contributed by atoms with van der Waals surface area (Å²) < 4.78 is 55.3. The van der Waals surface area contributed by atoms with Gasteiger partial charge in [0.05, 0.1) is 0 Å². The van der Waals surface area contributed by atoms with Crippen LogP contribution >= 0.6 is 0 Å². The fourth-order valence-electron chi connectivity index (χ4n) is 1.89.